The summed E-state index contributed by atoms with van der Waals surface area (Å²) in [7, 11) is 3.62. The van der Waals surface area contributed by atoms with Gasteiger partial charge in [0.25, 0.3) is 0 Å². The highest BCUT2D eigenvalue weighted by Crippen LogP contribution is 2.28. The summed E-state index contributed by atoms with van der Waals surface area (Å²) >= 11 is 0. The van der Waals surface area contributed by atoms with Crippen molar-refractivity contribution in [1.29, 1.82) is 0 Å². The van der Waals surface area contributed by atoms with Crippen LogP contribution in [0.1, 0.15) is 29.9 Å². The topological polar surface area (TPSA) is 43.3 Å². The van der Waals surface area contributed by atoms with Crippen LogP contribution in [-0.4, -0.2) is 30.0 Å². The maximum absolute atomic E-state index is 12.4. The van der Waals surface area contributed by atoms with Crippen LogP contribution in [0.25, 0.3) is 10.9 Å². The quantitative estimate of drug-likeness (QED) is 0.852. The van der Waals surface area contributed by atoms with Crippen LogP contribution in [0.3, 0.4) is 0 Å². The molecule has 2 aromatic rings. The lowest BCUT2D eigenvalue weighted by Crippen LogP contribution is -2.29. The fraction of sp³-hybridized carbons (Fsp3) is 0.438. The molecule has 0 amide bonds. The highest BCUT2D eigenvalue weighted by molar-refractivity contribution is 6.10. The molecule has 0 fully saturated rings. The molecular formula is C16H22N2O2. The summed E-state index contributed by atoms with van der Waals surface area (Å²) in [4.78, 5) is 12.4. The average molecular weight is 274 g/mol. The Morgan fingerprint density at radius 1 is 1.40 bits per heavy atom. The molecule has 0 saturated heterocycles. The third-order valence-electron chi connectivity index (χ3n) is 3.65. The van der Waals surface area contributed by atoms with Crippen molar-refractivity contribution in [1.82, 2.24) is 9.88 Å². The van der Waals surface area contributed by atoms with Crippen molar-refractivity contribution in [3.8, 4) is 5.75 Å². The molecule has 0 aliphatic heterocycles. The standard InChI is InChI=1S/C16H22N2O2/c1-10(2)17-9-15(19)16-11(3)18(4)14-8-12(20-5)6-7-13(14)16/h6-8,10,17H,9H2,1-5H3. The number of benzene rings is 1. The van der Waals surface area contributed by atoms with Gasteiger partial charge in [-0.05, 0) is 19.1 Å². The fourth-order valence-corrected chi connectivity index (χ4v) is 2.41. The van der Waals surface area contributed by atoms with E-state index >= 15 is 0 Å². The van der Waals surface area contributed by atoms with Crippen molar-refractivity contribution in [3.05, 3.63) is 29.5 Å². The lowest BCUT2D eigenvalue weighted by molar-refractivity contribution is 0.0989. The Bertz CT molecular complexity index is 641. The van der Waals surface area contributed by atoms with E-state index < -0.39 is 0 Å². The van der Waals surface area contributed by atoms with Crippen molar-refractivity contribution < 1.29 is 9.53 Å². The molecule has 1 N–H and O–H groups in total. The number of methoxy groups -OCH3 is 1. The average Bonchev–Trinajstić information content (AvgIpc) is 2.68. The van der Waals surface area contributed by atoms with Gasteiger partial charge in [0.15, 0.2) is 5.78 Å². The Kier molecular flexibility index (Phi) is 4.14. The largest absolute Gasteiger partial charge is 0.497 e. The number of carbonyl (C=O) groups excluding carboxylic acids is 1. The monoisotopic (exact) mass is 274 g/mol. The molecule has 0 aliphatic rings. The molecule has 0 atom stereocenters. The van der Waals surface area contributed by atoms with Crippen LogP contribution in [0, 0.1) is 6.92 Å². The Morgan fingerprint density at radius 3 is 2.70 bits per heavy atom. The van der Waals surface area contributed by atoms with Crippen LogP contribution >= 0.6 is 0 Å². The molecule has 0 saturated carbocycles. The van der Waals surface area contributed by atoms with Gasteiger partial charge in [0.1, 0.15) is 5.75 Å². The van der Waals surface area contributed by atoms with Gasteiger partial charge >= 0.3 is 0 Å². The van der Waals surface area contributed by atoms with Crippen molar-refractivity contribution in [2.24, 2.45) is 7.05 Å². The minimum absolute atomic E-state index is 0.131. The summed E-state index contributed by atoms with van der Waals surface area (Å²) < 4.78 is 7.30. The van der Waals surface area contributed by atoms with Crippen LogP contribution in [0.4, 0.5) is 0 Å². The van der Waals surface area contributed by atoms with E-state index in [1.807, 2.05) is 50.6 Å². The second-order valence-electron chi connectivity index (χ2n) is 5.36. The number of nitrogens with one attached hydrogen (secondary N) is 1. The first kappa shape index (κ1) is 14.6. The molecule has 2 rings (SSSR count). The summed E-state index contributed by atoms with van der Waals surface area (Å²) in [5.74, 6) is 0.935. The first-order valence-electron chi connectivity index (χ1n) is 6.85. The second-order valence-corrected chi connectivity index (χ2v) is 5.36. The summed E-state index contributed by atoms with van der Waals surface area (Å²) in [5.41, 5.74) is 2.82. The second kappa shape index (κ2) is 5.67. The van der Waals surface area contributed by atoms with Gasteiger partial charge in [0.05, 0.1) is 19.2 Å². The van der Waals surface area contributed by atoms with E-state index in [-0.39, 0.29) is 5.78 Å². The molecule has 0 spiro atoms. The molecule has 0 aliphatic carbocycles. The summed E-state index contributed by atoms with van der Waals surface area (Å²) in [6, 6.07) is 6.13. The molecule has 20 heavy (non-hydrogen) atoms. The number of aryl methyl sites for hydroxylation is 1. The normalized spacial score (nSPS) is 11.3. The van der Waals surface area contributed by atoms with Crippen molar-refractivity contribution in [2.75, 3.05) is 13.7 Å². The minimum Gasteiger partial charge on any atom is -0.497 e. The number of rotatable bonds is 5. The Labute approximate surface area is 119 Å². The highest BCUT2D eigenvalue weighted by atomic mass is 16.5. The number of nitrogens with zero attached hydrogens (tertiary/aromatic N) is 1. The first-order valence-corrected chi connectivity index (χ1v) is 6.85. The van der Waals surface area contributed by atoms with E-state index in [4.69, 9.17) is 4.74 Å². The predicted octanol–water partition coefficient (Wildman–Crippen LogP) is 2.68. The number of hydrogen-bond acceptors (Lipinski definition) is 3. The number of aromatic nitrogens is 1. The molecule has 1 aromatic carbocycles. The van der Waals surface area contributed by atoms with Gasteiger partial charge in [-0.25, -0.2) is 0 Å². The Balaban J connectivity index is 2.48. The van der Waals surface area contributed by atoms with Gasteiger partial charge < -0.3 is 14.6 Å². The summed E-state index contributed by atoms with van der Waals surface area (Å²) in [6.45, 7) is 6.42. The number of Topliss-reactive ketones (excluding diaryl/α,β-unsaturated/α-hetero) is 1. The number of fused-ring (bicyclic) bond motifs is 1. The third kappa shape index (κ3) is 2.56. The van der Waals surface area contributed by atoms with Crippen LogP contribution in [-0.2, 0) is 7.05 Å². The summed E-state index contributed by atoms with van der Waals surface area (Å²) in [5, 5.41) is 4.17. The van der Waals surface area contributed by atoms with E-state index in [0.717, 1.165) is 27.9 Å². The van der Waals surface area contributed by atoms with Crippen LogP contribution in [0.5, 0.6) is 5.75 Å². The maximum atomic E-state index is 12.4. The molecular weight excluding hydrogens is 252 g/mol. The molecule has 108 valence electrons. The lowest BCUT2D eigenvalue weighted by atomic mass is 10.1. The molecule has 1 aromatic heterocycles. The zero-order valence-corrected chi connectivity index (χ0v) is 12.8. The molecule has 4 nitrogen and oxygen atoms in total. The van der Waals surface area contributed by atoms with Gasteiger partial charge in [-0.3, -0.25) is 4.79 Å². The van der Waals surface area contributed by atoms with E-state index in [9.17, 15) is 4.79 Å². The molecule has 4 heteroatoms. The number of ketones is 1. The number of carbonyl (C=O) groups is 1. The SMILES string of the molecule is COc1ccc2c(C(=O)CNC(C)C)c(C)n(C)c2c1. The van der Waals surface area contributed by atoms with Gasteiger partial charge in [0, 0.05) is 35.8 Å². The highest BCUT2D eigenvalue weighted by Gasteiger charge is 2.18. The maximum Gasteiger partial charge on any atom is 0.179 e. The van der Waals surface area contributed by atoms with Gasteiger partial charge in [-0.2, -0.15) is 0 Å². The fourth-order valence-electron chi connectivity index (χ4n) is 2.41. The molecule has 0 radical (unpaired) electrons. The van der Waals surface area contributed by atoms with Gasteiger partial charge in [-0.1, -0.05) is 13.8 Å². The van der Waals surface area contributed by atoms with E-state index in [0.29, 0.717) is 12.6 Å². The van der Waals surface area contributed by atoms with Gasteiger partial charge in [0.2, 0.25) is 0 Å². The molecule has 1 heterocycles. The lowest BCUT2D eigenvalue weighted by Gasteiger charge is -2.07. The minimum atomic E-state index is 0.131. The van der Waals surface area contributed by atoms with E-state index in [1.54, 1.807) is 7.11 Å². The summed E-state index contributed by atoms with van der Waals surface area (Å²) in [6.07, 6.45) is 0. The Hall–Kier alpha value is -1.81. The van der Waals surface area contributed by atoms with E-state index in [1.165, 1.54) is 0 Å². The van der Waals surface area contributed by atoms with Crippen LogP contribution in [0.15, 0.2) is 18.2 Å². The first-order chi connectivity index (χ1) is 9.45. The van der Waals surface area contributed by atoms with Crippen molar-refractivity contribution in [2.45, 2.75) is 26.8 Å². The number of ether oxygens (including phenoxy) is 1. The zero-order chi connectivity index (χ0) is 14.9. The number of hydrogen-bond donors (Lipinski definition) is 1. The van der Waals surface area contributed by atoms with E-state index in [2.05, 4.69) is 5.32 Å². The third-order valence-corrected chi connectivity index (χ3v) is 3.65. The smallest absolute Gasteiger partial charge is 0.179 e. The Morgan fingerprint density at radius 2 is 2.10 bits per heavy atom. The van der Waals surface area contributed by atoms with Crippen molar-refractivity contribution in [3.63, 3.8) is 0 Å². The molecule has 0 bridgehead atoms. The van der Waals surface area contributed by atoms with Crippen LogP contribution < -0.4 is 10.1 Å². The van der Waals surface area contributed by atoms with Crippen molar-refractivity contribution >= 4 is 16.7 Å². The predicted molar refractivity (Wildman–Crippen MR) is 81.7 cm³/mol. The zero-order valence-electron chi connectivity index (χ0n) is 12.8. The molecule has 0 unspecified atom stereocenters. The van der Waals surface area contributed by atoms with Crippen LogP contribution in [0.2, 0.25) is 0 Å². The van der Waals surface area contributed by atoms with Gasteiger partial charge in [-0.15, -0.1) is 0 Å².